The van der Waals surface area contributed by atoms with Crippen LogP contribution in [-0.2, 0) is 17.8 Å². The molecule has 0 spiro atoms. The molecule has 4 aromatic rings. The largest absolute Gasteiger partial charge is 0.519 e. The second-order valence-electron chi connectivity index (χ2n) is 8.59. The van der Waals surface area contributed by atoms with Crippen LogP contribution in [0.3, 0.4) is 0 Å². The molecule has 5 heterocycles. The molecule has 1 saturated heterocycles. The number of hydrogen-bond acceptors (Lipinski definition) is 12. The summed E-state index contributed by atoms with van der Waals surface area (Å²) in [5.74, 6) is -1.31. The SMILES string of the molecule is Cc1oc(=O)oc1CN=c1c2ncn([C@H]3C[C@H](O)[C@@](C)(CO)O3)c2nc(F)n1Cc1oc(=O)oc1C. The molecule has 0 amide bonds. The van der Waals surface area contributed by atoms with Gasteiger partial charge in [-0.25, -0.2) is 14.6 Å². The number of aliphatic hydroxyl groups is 2. The second kappa shape index (κ2) is 8.69. The molecule has 192 valence electrons. The first kappa shape index (κ1) is 23.9. The molecule has 0 bridgehead atoms. The lowest BCUT2D eigenvalue weighted by Gasteiger charge is -2.24. The van der Waals surface area contributed by atoms with Gasteiger partial charge in [0.25, 0.3) is 6.08 Å². The number of ether oxygens (including phenoxy) is 1. The fourth-order valence-corrected chi connectivity index (χ4v) is 4.02. The van der Waals surface area contributed by atoms with E-state index in [-0.39, 0.29) is 59.2 Å². The maximum absolute atomic E-state index is 15.4. The third kappa shape index (κ3) is 4.00. The summed E-state index contributed by atoms with van der Waals surface area (Å²) in [6, 6.07) is 0. The van der Waals surface area contributed by atoms with Crippen molar-refractivity contribution in [3.8, 4) is 0 Å². The number of aliphatic hydroxyl groups excluding tert-OH is 2. The lowest BCUT2D eigenvalue weighted by Crippen LogP contribution is -2.39. The highest BCUT2D eigenvalue weighted by atomic mass is 19.1. The molecule has 0 unspecified atom stereocenters. The van der Waals surface area contributed by atoms with Gasteiger partial charge in [0.05, 0.1) is 25.6 Å². The fourth-order valence-electron chi connectivity index (χ4n) is 4.02. The number of hydrogen-bond donors (Lipinski definition) is 2. The van der Waals surface area contributed by atoms with Crippen LogP contribution in [0.25, 0.3) is 11.2 Å². The zero-order chi connectivity index (χ0) is 25.8. The van der Waals surface area contributed by atoms with Crippen LogP contribution < -0.4 is 17.1 Å². The van der Waals surface area contributed by atoms with E-state index in [9.17, 15) is 19.8 Å². The minimum Gasteiger partial charge on any atom is -0.396 e. The zero-order valence-electron chi connectivity index (χ0n) is 19.4. The van der Waals surface area contributed by atoms with Crippen LogP contribution in [0.1, 0.15) is 42.6 Å². The highest BCUT2D eigenvalue weighted by Crippen LogP contribution is 2.37. The van der Waals surface area contributed by atoms with Gasteiger partial charge in [-0.15, -0.1) is 0 Å². The van der Waals surface area contributed by atoms with Gasteiger partial charge < -0.3 is 32.6 Å². The average Bonchev–Trinajstić information content (AvgIpc) is 3.54. The van der Waals surface area contributed by atoms with Gasteiger partial charge in [0.15, 0.2) is 28.2 Å². The summed E-state index contributed by atoms with van der Waals surface area (Å²) in [7, 11) is 0. The highest BCUT2D eigenvalue weighted by molar-refractivity contribution is 5.69. The molecular weight excluding hydrogens is 485 g/mol. The van der Waals surface area contributed by atoms with E-state index in [0.717, 1.165) is 4.57 Å². The Balaban J connectivity index is 1.66. The number of imidazole rings is 1. The molecule has 3 atom stereocenters. The van der Waals surface area contributed by atoms with E-state index in [2.05, 4.69) is 15.0 Å². The van der Waals surface area contributed by atoms with Gasteiger partial charge in [-0.1, -0.05) is 0 Å². The summed E-state index contributed by atoms with van der Waals surface area (Å²) in [5.41, 5.74) is -1.02. The molecule has 14 nitrogen and oxygen atoms in total. The first-order chi connectivity index (χ1) is 17.1. The van der Waals surface area contributed by atoms with E-state index in [4.69, 9.17) is 22.4 Å². The van der Waals surface area contributed by atoms with Gasteiger partial charge in [-0.3, -0.25) is 14.1 Å². The van der Waals surface area contributed by atoms with E-state index in [1.165, 1.54) is 24.7 Å². The Morgan fingerprint density at radius 2 is 1.83 bits per heavy atom. The third-order valence-corrected chi connectivity index (χ3v) is 6.16. The number of aryl methyl sites for hydroxylation is 2. The van der Waals surface area contributed by atoms with Gasteiger partial charge in [0.1, 0.15) is 29.9 Å². The fraction of sp³-hybridized carbons (Fsp3) is 0.476. The van der Waals surface area contributed by atoms with E-state index >= 15 is 4.39 Å². The Labute approximate surface area is 199 Å². The first-order valence-corrected chi connectivity index (χ1v) is 10.9. The van der Waals surface area contributed by atoms with Crippen LogP contribution in [0.4, 0.5) is 4.39 Å². The number of nitrogens with zero attached hydrogens (tertiary/aromatic N) is 5. The second-order valence-corrected chi connectivity index (χ2v) is 8.59. The van der Waals surface area contributed by atoms with Crippen LogP contribution in [0.2, 0.25) is 0 Å². The number of fused-ring (bicyclic) bond motifs is 1. The Kier molecular flexibility index (Phi) is 5.77. The van der Waals surface area contributed by atoms with Crippen molar-refractivity contribution in [1.29, 1.82) is 0 Å². The third-order valence-electron chi connectivity index (χ3n) is 6.16. The Hall–Kier alpha value is -3.82. The van der Waals surface area contributed by atoms with Gasteiger partial charge in [-0.05, 0) is 20.8 Å². The predicted octanol–water partition coefficient (Wildman–Crippen LogP) is 0.261. The number of halogens is 1. The van der Waals surface area contributed by atoms with Crippen molar-refractivity contribution in [2.24, 2.45) is 4.99 Å². The summed E-state index contributed by atoms with van der Waals surface area (Å²) >= 11 is 0. The monoisotopic (exact) mass is 507 g/mol. The molecule has 15 heteroatoms. The zero-order valence-corrected chi connectivity index (χ0v) is 19.4. The van der Waals surface area contributed by atoms with Crippen molar-refractivity contribution >= 4 is 11.2 Å². The minimum atomic E-state index is -1.21. The lowest BCUT2D eigenvalue weighted by molar-refractivity contribution is -0.115. The van der Waals surface area contributed by atoms with E-state index in [1.807, 2.05) is 0 Å². The standard InChI is InChI=1S/C21H22FN5O9/c1-9-11(34-19(30)32-9)5-23-16-15-17(25-18(22)26(16)6-12-10(2)33-20(31)35-12)27(8-24-15)14-4-13(29)21(3,7-28)36-14/h8,13-14,28-29H,4-7H2,1-3H3/t13-,14+,21+/m0/s1. The van der Waals surface area contributed by atoms with Gasteiger partial charge in [-0.2, -0.15) is 9.37 Å². The number of rotatable bonds is 6. The first-order valence-electron chi connectivity index (χ1n) is 10.9. The van der Waals surface area contributed by atoms with Crippen molar-refractivity contribution < 1.29 is 37.0 Å². The van der Waals surface area contributed by atoms with Gasteiger partial charge >= 0.3 is 11.6 Å². The normalized spacial score (nSPS) is 22.8. The van der Waals surface area contributed by atoms with Crippen LogP contribution >= 0.6 is 0 Å². The van der Waals surface area contributed by atoms with Crippen molar-refractivity contribution in [3.05, 3.63) is 62.2 Å². The van der Waals surface area contributed by atoms with E-state index in [1.54, 1.807) is 6.92 Å². The summed E-state index contributed by atoms with van der Waals surface area (Å²) < 4.78 is 43.4. The summed E-state index contributed by atoms with van der Waals surface area (Å²) in [4.78, 5) is 35.7. The molecule has 0 saturated carbocycles. The van der Waals surface area contributed by atoms with Crippen molar-refractivity contribution in [2.75, 3.05) is 6.61 Å². The van der Waals surface area contributed by atoms with Crippen molar-refractivity contribution in [3.63, 3.8) is 0 Å². The minimum absolute atomic E-state index is 0.00814. The molecular formula is C21H22FN5O9. The van der Waals surface area contributed by atoms with Crippen molar-refractivity contribution in [1.82, 2.24) is 19.1 Å². The van der Waals surface area contributed by atoms with Crippen LogP contribution in [0.15, 0.2) is 38.6 Å². The highest BCUT2D eigenvalue weighted by Gasteiger charge is 2.45. The maximum Gasteiger partial charge on any atom is 0.519 e. The van der Waals surface area contributed by atoms with E-state index < -0.39 is 42.3 Å². The summed E-state index contributed by atoms with van der Waals surface area (Å²) in [6.45, 7) is 3.64. The number of aromatic nitrogens is 4. The van der Waals surface area contributed by atoms with E-state index in [0.29, 0.717) is 0 Å². The molecule has 5 rings (SSSR count). The molecule has 1 aliphatic heterocycles. The summed E-state index contributed by atoms with van der Waals surface area (Å²) in [6.07, 6.45) is -1.31. The molecule has 4 aromatic heterocycles. The lowest BCUT2D eigenvalue weighted by atomic mass is 10.0. The Morgan fingerprint density at radius 3 is 2.42 bits per heavy atom. The van der Waals surface area contributed by atoms with Crippen LogP contribution in [0.5, 0.6) is 0 Å². The summed E-state index contributed by atoms with van der Waals surface area (Å²) in [5, 5.41) is 20.0. The topological polar surface area (TPSA) is 184 Å². The molecule has 36 heavy (non-hydrogen) atoms. The maximum atomic E-state index is 15.4. The molecule has 2 N–H and O–H groups in total. The van der Waals surface area contributed by atoms with Gasteiger partial charge in [0, 0.05) is 6.42 Å². The Morgan fingerprint density at radius 1 is 1.17 bits per heavy atom. The van der Waals surface area contributed by atoms with Crippen LogP contribution in [-0.4, -0.2) is 47.6 Å². The van der Waals surface area contributed by atoms with Gasteiger partial charge in [0.2, 0.25) is 0 Å². The smallest absolute Gasteiger partial charge is 0.396 e. The van der Waals surface area contributed by atoms with Crippen molar-refractivity contribution in [2.45, 2.75) is 58.2 Å². The predicted molar refractivity (Wildman–Crippen MR) is 114 cm³/mol. The molecule has 0 aliphatic carbocycles. The molecule has 1 aliphatic rings. The molecule has 0 radical (unpaired) electrons. The average molecular weight is 507 g/mol. The molecule has 1 fully saturated rings. The quantitative estimate of drug-likeness (QED) is 0.341. The molecule has 0 aromatic carbocycles. The van der Waals surface area contributed by atoms with Crippen LogP contribution in [0, 0.1) is 19.9 Å². The Bertz CT molecular complexity index is 1620.